The Morgan fingerprint density at radius 3 is 2.53 bits per heavy atom. The van der Waals surface area contributed by atoms with Crippen LogP contribution in [-0.2, 0) is 11.3 Å². The number of nitrogens with zero attached hydrogens (tertiary/aromatic N) is 4. The van der Waals surface area contributed by atoms with Crippen molar-refractivity contribution in [2.24, 2.45) is 0 Å². The van der Waals surface area contributed by atoms with Gasteiger partial charge in [-0.15, -0.1) is 0 Å². The van der Waals surface area contributed by atoms with E-state index in [0.29, 0.717) is 17.6 Å². The maximum Gasteiger partial charge on any atom is 0.281 e. The summed E-state index contributed by atoms with van der Waals surface area (Å²) < 4.78 is 3.30. The molecule has 4 aromatic rings. The van der Waals surface area contributed by atoms with E-state index in [4.69, 9.17) is 0 Å². The van der Waals surface area contributed by atoms with Gasteiger partial charge in [-0.3, -0.25) is 14.6 Å². The van der Waals surface area contributed by atoms with Gasteiger partial charge >= 0.3 is 0 Å². The zero-order valence-electron chi connectivity index (χ0n) is 17.2. The predicted octanol–water partition coefficient (Wildman–Crippen LogP) is 3.08. The van der Waals surface area contributed by atoms with Crippen molar-refractivity contribution in [3.63, 3.8) is 0 Å². The number of carbonyl (C=O) groups excluding carboxylic acids is 1. The molecule has 0 spiro atoms. The lowest BCUT2D eigenvalue weighted by atomic mass is 10.2. The highest BCUT2D eigenvalue weighted by Gasteiger charge is 2.23. The number of nitrogens with one attached hydrogen (secondary N) is 1. The number of para-hydroxylation sites is 1. The number of rotatable bonds is 5. The second-order valence-corrected chi connectivity index (χ2v) is 7.28. The Labute approximate surface area is 174 Å². The fourth-order valence-corrected chi connectivity index (χ4v) is 3.87. The van der Waals surface area contributed by atoms with Crippen LogP contribution in [0.5, 0.6) is 0 Å². The lowest BCUT2D eigenvalue weighted by molar-refractivity contribution is -0.124. The highest BCUT2D eigenvalue weighted by atomic mass is 16.2. The first-order valence-electron chi connectivity index (χ1n) is 9.80. The number of hydrogen-bond donors (Lipinski definition) is 1. The summed E-state index contributed by atoms with van der Waals surface area (Å²) in [6.07, 6.45) is 5.12. The first-order valence-corrected chi connectivity index (χ1v) is 9.80. The third-order valence-electron chi connectivity index (χ3n) is 5.41. The second-order valence-electron chi connectivity index (χ2n) is 7.28. The minimum atomic E-state index is -0.473. The van der Waals surface area contributed by atoms with Crippen molar-refractivity contribution in [2.75, 3.05) is 0 Å². The van der Waals surface area contributed by atoms with E-state index in [1.807, 2.05) is 67.8 Å². The van der Waals surface area contributed by atoms with Gasteiger partial charge in [-0.2, -0.15) is 9.78 Å². The van der Waals surface area contributed by atoms with Gasteiger partial charge in [-0.1, -0.05) is 24.3 Å². The molecule has 152 valence electrons. The summed E-state index contributed by atoms with van der Waals surface area (Å²) >= 11 is 0. The summed E-state index contributed by atoms with van der Waals surface area (Å²) in [5.41, 5.74) is 3.04. The third-order valence-corrected chi connectivity index (χ3v) is 5.41. The van der Waals surface area contributed by atoms with Crippen molar-refractivity contribution >= 4 is 16.7 Å². The van der Waals surface area contributed by atoms with Gasteiger partial charge in [0, 0.05) is 35.7 Å². The zero-order chi connectivity index (χ0) is 21.3. The Hall–Kier alpha value is -3.74. The van der Waals surface area contributed by atoms with Gasteiger partial charge in [0.15, 0.2) is 0 Å². The third kappa shape index (κ3) is 3.39. The smallest absolute Gasteiger partial charge is 0.281 e. The van der Waals surface area contributed by atoms with Crippen LogP contribution in [0.15, 0.2) is 65.8 Å². The topological polar surface area (TPSA) is 81.8 Å². The fourth-order valence-electron chi connectivity index (χ4n) is 3.87. The van der Waals surface area contributed by atoms with Crippen molar-refractivity contribution < 1.29 is 4.79 Å². The quantitative estimate of drug-likeness (QED) is 0.557. The lowest BCUT2D eigenvalue weighted by Gasteiger charge is -2.18. The van der Waals surface area contributed by atoms with Gasteiger partial charge < -0.3 is 9.88 Å². The molecule has 1 atom stereocenters. The van der Waals surface area contributed by atoms with Crippen molar-refractivity contribution in [1.82, 2.24) is 24.6 Å². The average molecular weight is 401 g/mol. The second kappa shape index (κ2) is 7.94. The Bertz CT molecular complexity index is 1260. The minimum Gasteiger partial charge on any atom is -0.350 e. The molecule has 3 aromatic heterocycles. The molecule has 0 aliphatic heterocycles. The zero-order valence-corrected chi connectivity index (χ0v) is 17.2. The molecule has 7 heteroatoms. The van der Waals surface area contributed by atoms with E-state index >= 15 is 0 Å². The lowest BCUT2D eigenvalue weighted by Crippen LogP contribution is -2.31. The molecule has 4 rings (SSSR count). The summed E-state index contributed by atoms with van der Waals surface area (Å²) in [6, 6.07) is 12.6. The molecule has 0 bridgehead atoms. The number of benzene rings is 1. The van der Waals surface area contributed by atoms with Gasteiger partial charge in [0.1, 0.15) is 6.04 Å². The SMILES string of the molecule is Cc1c2cnn(-c3ccccc3)c(=O)c2c(C)n1C(C)C(=O)NCc1cccnc1. The molecule has 1 amide bonds. The van der Waals surface area contributed by atoms with Crippen LogP contribution < -0.4 is 10.9 Å². The minimum absolute atomic E-state index is 0.123. The molecule has 0 aliphatic rings. The van der Waals surface area contributed by atoms with Crippen LogP contribution in [0.3, 0.4) is 0 Å². The van der Waals surface area contributed by atoms with Crippen LogP contribution in [0, 0.1) is 13.8 Å². The van der Waals surface area contributed by atoms with E-state index in [0.717, 1.165) is 22.3 Å². The summed E-state index contributed by atoms with van der Waals surface area (Å²) in [4.78, 5) is 30.1. The van der Waals surface area contributed by atoms with Gasteiger partial charge in [0.05, 0.1) is 17.3 Å². The molecule has 7 nitrogen and oxygen atoms in total. The molecule has 0 radical (unpaired) electrons. The predicted molar refractivity (Wildman–Crippen MR) is 116 cm³/mol. The number of fused-ring (bicyclic) bond motifs is 1. The van der Waals surface area contributed by atoms with Gasteiger partial charge in [0.2, 0.25) is 5.91 Å². The van der Waals surface area contributed by atoms with Crippen molar-refractivity contribution in [1.29, 1.82) is 0 Å². The fraction of sp³-hybridized carbons (Fsp3) is 0.217. The molecular formula is C23H23N5O2. The van der Waals surface area contributed by atoms with Gasteiger partial charge in [-0.05, 0) is 44.5 Å². The van der Waals surface area contributed by atoms with Gasteiger partial charge in [-0.25, -0.2) is 0 Å². The molecule has 1 unspecified atom stereocenters. The number of carbonyl (C=O) groups is 1. The highest BCUT2D eigenvalue weighted by Crippen LogP contribution is 2.26. The Balaban J connectivity index is 1.70. The molecule has 1 aromatic carbocycles. The normalized spacial score (nSPS) is 12.1. The van der Waals surface area contributed by atoms with Crippen LogP contribution in [0.1, 0.15) is 29.9 Å². The first kappa shape index (κ1) is 19.6. The molecular weight excluding hydrogens is 378 g/mol. The van der Waals surface area contributed by atoms with Crippen LogP contribution >= 0.6 is 0 Å². The number of pyridine rings is 1. The van der Waals surface area contributed by atoms with Crippen LogP contribution in [0.25, 0.3) is 16.5 Å². The summed E-state index contributed by atoms with van der Waals surface area (Å²) in [5, 5.41) is 8.65. The standard InChI is InChI=1S/C23H23N5O2/c1-15-20-14-26-28(19-9-5-4-6-10-19)23(30)21(20)16(2)27(15)17(3)22(29)25-13-18-8-7-11-24-12-18/h4-12,14,17H,13H2,1-3H3,(H,25,29). The Morgan fingerprint density at radius 1 is 1.07 bits per heavy atom. The van der Waals surface area contributed by atoms with E-state index in [1.165, 1.54) is 4.68 Å². The van der Waals surface area contributed by atoms with E-state index in [9.17, 15) is 9.59 Å². The molecule has 0 saturated heterocycles. The monoisotopic (exact) mass is 401 g/mol. The van der Waals surface area contributed by atoms with Crippen LogP contribution in [0.2, 0.25) is 0 Å². The van der Waals surface area contributed by atoms with Crippen molar-refractivity contribution in [2.45, 2.75) is 33.4 Å². The molecule has 0 saturated carbocycles. The van der Waals surface area contributed by atoms with Crippen molar-refractivity contribution in [3.05, 3.63) is 88.4 Å². The first-order chi connectivity index (χ1) is 14.5. The van der Waals surface area contributed by atoms with Crippen LogP contribution in [-0.4, -0.2) is 25.2 Å². The number of amides is 1. The Kier molecular flexibility index (Phi) is 5.18. The largest absolute Gasteiger partial charge is 0.350 e. The Morgan fingerprint density at radius 2 is 1.83 bits per heavy atom. The molecule has 30 heavy (non-hydrogen) atoms. The summed E-state index contributed by atoms with van der Waals surface area (Å²) in [6.45, 7) is 6.02. The number of aromatic nitrogens is 4. The van der Waals surface area contributed by atoms with Crippen LogP contribution in [0.4, 0.5) is 0 Å². The molecule has 0 aliphatic carbocycles. The van der Waals surface area contributed by atoms with Crippen molar-refractivity contribution in [3.8, 4) is 5.69 Å². The number of hydrogen-bond acceptors (Lipinski definition) is 4. The van der Waals surface area contributed by atoms with E-state index in [2.05, 4.69) is 15.4 Å². The molecule has 0 fully saturated rings. The molecule has 1 N–H and O–H groups in total. The van der Waals surface area contributed by atoms with E-state index in [1.54, 1.807) is 18.6 Å². The summed E-state index contributed by atoms with van der Waals surface area (Å²) in [5.74, 6) is -0.123. The number of aryl methyl sites for hydroxylation is 2. The highest BCUT2D eigenvalue weighted by molar-refractivity contribution is 5.89. The molecule has 3 heterocycles. The van der Waals surface area contributed by atoms with E-state index < -0.39 is 6.04 Å². The summed E-state index contributed by atoms with van der Waals surface area (Å²) in [7, 11) is 0. The maximum absolute atomic E-state index is 13.2. The maximum atomic E-state index is 13.2. The van der Waals surface area contributed by atoms with E-state index in [-0.39, 0.29) is 11.5 Å². The average Bonchev–Trinajstić information content (AvgIpc) is 3.03. The van der Waals surface area contributed by atoms with Gasteiger partial charge in [0.25, 0.3) is 5.56 Å².